The third kappa shape index (κ3) is 6.17. The summed E-state index contributed by atoms with van der Waals surface area (Å²) in [7, 11) is 1.78. The molecular weight excluding hydrogens is 494 g/mol. The van der Waals surface area contributed by atoms with Crippen molar-refractivity contribution in [3.63, 3.8) is 0 Å². The summed E-state index contributed by atoms with van der Waals surface area (Å²) < 4.78 is 7.51. The van der Waals surface area contributed by atoms with Gasteiger partial charge in [0.2, 0.25) is 5.91 Å². The van der Waals surface area contributed by atoms with E-state index >= 15 is 0 Å². The molecule has 2 aromatic heterocycles. The molecular formula is C29H37N7O3. The second kappa shape index (κ2) is 11.4. The third-order valence-electron chi connectivity index (χ3n) is 7.16. The Morgan fingerprint density at radius 3 is 2.74 bits per heavy atom. The highest BCUT2D eigenvalue weighted by Gasteiger charge is 2.27. The summed E-state index contributed by atoms with van der Waals surface area (Å²) in [6.45, 7) is 15.0. The largest absolute Gasteiger partial charge is 0.377 e. The Morgan fingerprint density at radius 2 is 2.08 bits per heavy atom. The fraction of sp³-hybridized carbons (Fsp3) is 0.414. The van der Waals surface area contributed by atoms with Crippen molar-refractivity contribution in [3.8, 4) is 11.1 Å². The number of nitrogens with two attached hydrogens (primary N) is 1. The maximum Gasteiger partial charge on any atom is 0.270 e. The van der Waals surface area contributed by atoms with E-state index in [9.17, 15) is 9.59 Å². The first-order valence-corrected chi connectivity index (χ1v) is 13.0. The minimum absolute atomic E-state index is 0.117. The minimum atomic E-state index is -0.601. The van der Waals surface area contributed by atoms with Gasteiger partial charge in [0.05, 0.1) is 43.9 Å². The molecule has 2 amide bonds. The number of carbonyl (C=O) groups is 2. The molecule has 0 saturated carbocycles. The second-order valence-corrected chi connectivity index (χ2v) is 11.0. The van der Waals surface area contributed by atoms with E-state index in [1.54, 1.807) is 29.0 Å². The zero-order valence-corrected chi connectivity index (χ0v) is 23.3. The number of ether oxygens (including phenoxy) is 1. The van der Waals surface area contributed by atoms with Crippen LogP contribution in [0.1, 0.15) is 48.0 Å². The van der Waals surface area contributed by atoms with Crippen molar-refractivity contribution in [1.82, 2.24) is 24.9 Å². The standard InChI is InChI=1S/C29H37N7O3/c1-7-27(37)34(6)21-15-35(10-11-39-18-21)26-14-31-9-8-22(26)20-12-19(2)23(24(13-20)29(3,4)5)16-36-17-25(28(30)38)32-33-36/h7-9,12-14,17,21H,1,10-11,15-16,18H2,2-6H3,(H2,30,38). The Morgan fingerprint density at radius 1 is 1.31 bits per heavy atom. The summed E-state index contributed by atoms with van der Waals surface area (Å²) in [4.78, 5) is 32.2. The summed E-state index contributed by atoms with van der Waals surface area (Å²) in [5.41, 5.74) is 11.9. The molecule has 3 aromatic rings. The predicted molar refractivity (Wildman–Crippen MR) is 151 cm³/mol. The van der Waals surface area contributed by atoms with Crippen LogP contribution in [0.4, 0.5) is 5.69 Å². The van der Waals surface area contributed by atoms with Crippen LogP contribution in [0.15, 0.2) is 49.4 Å². The third-order valence-corrected chi connectivity index (χ3v) is 7.16. The van der Waals surface area contributed by atoms with E-state index in [-0.39, 0.29) is 23.1 Å². The number of aromatic nitrogens is 4. The Hall–Kier alpha value is -4.05. The molecule has 39 heavy (non-hydrogen) atoms. The Kier molecular flexibility index (Phi) is 8.15. The first-order chi connectivity index (χ1) is 18.5. The monoisotopic (exact) mass is 531 g/mol. The fourth-order valence-corrected chi connectivity index (χ4v) is 4.95. The highest BCUT2D eigenvalue weighted by molar-refractivity contribution is 5.90. The molecule has 0 bridgehead atoms. The first kappa shape index (κ1) is 28.0. The van der Waals surface area contributed by atoms with Crippen LogP contribution in [-0.2, 0) is 21.5 Å². The average Bonchev–Trinajstić information content (AvgIpc) is 3.24. The van der Waals surface area contributed by atoms with Crippen LogP contribution >= 0.6 is 0 Å². The molecule has 1 saturated heterocycles. The molecule has 2 N–H and O–H groups in total. The van der Waals surface area contributed by atoms with E-state index < -0.39 is 5.91 Å². The highest BCUT2D eigenvalue weighted by atomic mass is 16.5. The maximum absolute atomic E-state index is 12.3. The topological polar surface area (TPSA) is 119 Å². The van der Waals surface area contributed by atoms with Crippen molar-refractivity contribution in [2.24, 2.45) is 5.73 Å². The maximum atomic E-state index is 12.3. The second-order valence-electron chi connectivity index (χ2n) is 11.0. The van der Waals surface area contributed by atoms with Crippen LogP contribution in [0.3, 0.4) is 0 Å². The lowest BCUT2D eigenvalue weighted by molar-refractivity contribution is -0.127. The number of rotatable bonds is 7. The lowest BCUT2D eigenvalue weighted by atomic mass is 9.80. The number of nitrogens with zero attached hydrogens (tertiary/aromatic N) is 6. The average molecular weight is 532 g/mol. The van der Waals surface area contributed by atoms with Gasteiger partial charge in [-0.25, -0.2) is 4.68 Å². The number of anilines is 1. The van der Waals surface area contributed by atoms with Crippen LogP contribution in [0, 0.1) is 6.92 Å². The molecule has 206 valence electrons. The molecule has 0 aliphatic carbocycles. The molecule has 1 fully saturated rings. The number of hydrogen-bond donors (Lipinski definition) is 1. The van der Waals surface area contributed by atoms with Gasteiger partial charge < -0.3 is 20.3 Å². The summed E-state index contributed by atoms with van der Waals surface area (Å²) in [5.74, 6) is -0.732. The van der Waals surface area contributed by atoms with Crippen molar-refractivity contribution in [1.29, 1.82) is 0 Å². The van der Waals surface area contributed by atoms with E-state index in [2.05, 4.69) is 66.6 Å². The lowest BCUT2D eigenvalue weighted by Crippen LogP contribution is -2.45. The van der Waals surface area contributed by atoms with Gasteiger partial charge in [-0.15, -0.1) is 5.10 Å². The van der Waals surface area contributed by atoms with E-state index in [0.29, 0.717) is 32.8 Å². The minimum Gasteiger partial charge on any atom is -0.377 e. The number of amides is 2. The summed E-state index contributed by atoms with van der Waals surface area (Å²) in [6, 6.07) is 6.32. The number of hydrogen-bond acceptors (Lipinski definition) is 7. The number of likely N-dealkylation sites (N-methyl/N-ethyl adjacent to an activating group) is 1. The van der Waals surface area contributed by atoms with Crippen LogP contribution in [0.2, 0.25) is 0 Å². The molecule has 3 heterocycles. The van der Waals surface area contributed by atoms with Crippen molar-refractivity contribution in [3.05, 3.63) is 71.8 Å². The van der Waals surface area contributed by atoms with Crippen molar-refractivity contribution >= 4 is 17.5 Å². The molecule has 1 aliphatic heterocycles. The van der Waals surface area contributed by atoms with Gasteiger partial charge in [-0.1, -0.05) is 44.7 Å². The number of aryl methyl sites for hydroxylation is 1. The number of pyridine rings is 1. The predicted octanol–water partition coefficient (Wildman–Crippen LogP) is 2.94. The lowest BCUT2D eigenvalue weighted by Gasteiger charge is -2.32. The Labute approximate surface area is 229 Å². The van der Waals surface area contributed by atoms with Crippen molar-refractivity contribution < 1.29 is 14.3 Å². The Balaban J connectivity index is 1.74. The smallest absolute Gasteiger partial charge is 0.270 e. The molecule has 1 unspecified atom stereocenters. The van der Waals surface area contributed by atoms with E-state index in [0.717, 1.165) is 27.9 Å². The molecule has 0 spiro atoms. The van der Waals surface area contributed by atoms with Crippen LogP contribution in [0.5, 0.6) is 0 Å². The summed E-state index contributed by atoms with van der Waals surface area (Å²) in [5, 5.41) is 8.00. The van der Waals surface area contributed by atoms with E-state index in [1.807, 2.05) is 12.3 Å². The molecule has 10 heteroatoms. The number of primary amides is 1. The molecule has 1 aliphatic rings. The quantitative estimate of drug-likeness (QED) is 0.466. The normalized spacial score (nSPS) is 16.0. The first-order valence-electron chi connectivity index (χ1n) is 13.0. The van der Waals surface area contributed by atoms with E-state index in [4.69, 9.17) is 10.5 Å². The van der Waals surface area contributed by atoms with Crippen molar-refractivity contribution in [2.45, 2.75) is 45.7 Å². The molecule has 10 nitrogen and oxygen atoms in total. The van der Waals surface area contributed by atoms with Gasteiger partial charge in [0, 0.05) is 31.9 Å². The Bertz CT molecular complexity index is 1380. The summed E-state index contributed by atoms with van der Waals surface area (Å²) >= 11 is 0. The van der Waals surface area contributed by atoms with Gasteiger partial charge in [-0.2, -0.15) is 0 Å². The van der Waals surface area contributed by atoms with Gasteiger partial charge in [-0.3, -0.25) is 14.6 Å². The van der Waals surface area contributed by atoms with Crippen LogP contribution in [-0.4, -0.2) is 76.1 Å². The molecule has 0 radical (unpaired) electrons. The zero-order valence-electron chi connectivity index (χ0n) is 23.3. The van der Waals surface area contributed by atoms with E-state index in [1.165, 1.54) is 11.6 Å². The van der Waals surface area contributed by atoms with Gasteiger partial charge in [-0.05, 0) is 46.7 Å². The fourth-order valence-electron chi connectivity index (χ4n) is 4.95. The molecule has 4 rings (SSSR count). The van der Waals surface area contributed by atoms with Crippen molar-refractivity contribution in [2.75, 3.05) is 38.3 Å². The zero-order chi connectivity index (χ0) is 28.3. The summed E-state index contributed by atoms with van der Waals surface area (Å²) in [6.07, 6.45) is 6.60. The number of benzene rings is 1. The van der Waals surface area contributed by atoms with Gasteiger partial charge in [0.15, 0.2) is 5.69 Å². The van der Waals surface area contributed by atoms with Gasteiger partial charge in [0.25, 0.3) is 5.91 Å². The van der Waals surface area contributed by atoms with Gasteiger partial charge >= 0.3 is 0 Å². The van der Waals surface area contributed by atoms with Gasteiger partial charge in [0.1, 0.15) is 0 Å². The SMILES string of the molecule is C=CC(=O)N(C)C1COCCN(c2cnccc2-c2cc(C)c(Cn3cc(C(N)=O)nn3)c(C(C)(C)C)c2)C1. The highest BCUT2D eigenvalue weighted by Crippen LogP contribution is 2.37. The number of carbonyl (C=O) groups excluding carboxylic acids is 2. The molecule has 1 aromatic carbocycles. The molecule has 1 atom stereocenters. The van der Waals surface area contributed by atoms with Crippen LogP contribution in [0.25, 0.3) is 11.1 Å². The van der Waals surface area contributed by atoms with Crippen LogP contribution < -0.4 is 10.6 Å².